The molecule has 2 atom stereocenters. The lowest BCUT2D eigenvalue weighted by atomic mass is 10.1. The molecule has 1 amide bonds. The van der Waals surface area contributed by atoms with Crippen LogP contribution in [0.3, 0.4) is 0 Å². The van der Waals surface area contributed by atoms with Crippen molar-refractivity contribution in [3.8, 4) is 0 Å². The van der Waals surface area contributed by atoms with Crippen LogP contribution < -0.4 is 5.32 Å². The molecular weight excluding hydrogens is 418 g/mol. The Kier molecular flexibility index (Phi) is 5.48. The van der Waals surface area contributed by atoms with E-state index in [4.69, 9.17) is 4.74 Å². The number of Topliss-reactive ketones (excluding diaryl/α,β-unsaturated/α-hetero) is 1. The zero-order valence-electron chi connectivity index (χ0n) is 14.1. The van der Waals surface area contributed by atoms with Gasteiger partial charge in [0.15, 0.2) is 6.10 Å². The first-order valence-corrected chi connectivity index (χ1v) is 9.65. The first-order chi connectivity index (χ1) is 12.3. The van der Waals surface area contributed by atoms with Gasteiger partial charge in [-0.3, -0.25) is 9.59 Å². The predicted molar refractivity (Wildman–Crippen MR) is 104 cm³/mol. The van der Waals surface area contributed by atoms with E-state index in [9.17, 15) is 14.4 Å². The van der Waals surface area contributed by atoms with Gasteiger partial charge in [-0.1, -0.05) is 28.1 Å². The monoisotopic (exact) mass is 433 g/mol. The van der Waals surface area contributed by atoms with E-state index in [0.717, 1.165) is 9.37 Å². The second kappa shape index (κ2) is 7.63. The second-order valence-electron chi connectivity index (χ2n) is 5.88. The average molecular weight is 434 g/mol. The molecule has 7 heteroatoms. The van der Waals surface area contributed by atoms with Gasteiger partial charge in [0.2, 0.25) is 11.7 Å². The highest BCUT2D eigenvalue weighted by Crippen LogP contribution is 2.36. The highest BCUT2D eigenvalue weighted by atomic mass is 79.9. The number of hydrogen-bond donors (Lipinski definition) is 1. The van der Waals surface area contributed by atoms with Crippen LogP contribution in [0.1, 0.15) is 34.6 Å². The quantitative estimate of drug-likeness (QED) is 0.574. The van der Waals surface area contributed by atoms with Crippen LogP contribution in [0.4, 0.5) is 5.69 Å². The van der Waals surface area contributed by atoms with Crippen LogP contribution >= 0.6 is 27.7 Å². The van der Waals surface area contributed by atoms with Crippen molar-refractivity contribution in [1.82, 2.24) is 0 Å². The minimum Gasteiger partial charge on any atom is -0.451 e. The van der Waals surface area contributed by atoms with Crippen LogP contribution in [0.2, 0.25) is 0 Å². The molecule has 2 aromatic carbocycles. The van der Waals surface area contributed by atoms with Gasteiger partial charge in [0.05, 0.1) is 16.5 Å². The molecule has 1 heterocycles. The maximum atomic E-state index is 12.4. The smallest absolute Gasteiger partial charge is 0.338 e. The number of hydrogen-bond acceptors (Lipinski definition) is 5. The second-order valence-corrected chi connectivity index (χ2v) is 8.18. The van der Waals surface area contributed by atoms with Crippen molar-refractivity contribution in [3.63, 3.8) is 0 Å². The van der Waals surface area contributed by atoms with Crippen molar-refractivity contribution in [3.05, 3.63) is 58.1 Å². The normalized spacial score (nSPS) is 17.0. The maximum absolute atomic E-state index is 12.4. The van der Waals surface area contributed by atoms with E-state index >= 15 is 0 Å². The zero-order valence-corrected chi connectivity index (χ0v) is 16.5. The van der Waals surface area contributed by atoms with Crippen molar-refractivity contribution < 1.29 is 19.1 Å². The molecular formula is C19H16BrNO4S. The molecule has 0 radical (unpaired) electrons. The average Bonchev–Trinajstić information content (AvgIpc) is 2.62. The molecule has 0 aliphatic carbocycles. The summed E-state index contributed by atoms with van der Waals surface area (Å²) in [5.74, 6) is -0.989. The number of benzene rings is 2. The van der Waals surface area contributed by atoms with E-state index in [1.807, 2.05) is 6.92 Å². The third kappa shape index (κ3) is 3.99. The minimum atomic E-state index is -0.913. The topological polar surface area (TPSA) is 72.5 Å². The van der Waals surface area contributed by atoms with Crippen LogP contribution in [0.15, 0.2) is 51.8 Å². The summed E-state index contributed by atoms with van der Waals surface area (Å²) < 4.78 is 6.17. The summed E-state index contributed by atoms with van der Waals surface area (Å²) in [5.41, 5.74) is 1.34. The van der Waals surface area contributed by atoms with Crippen LogP contribution in [0, 0.1) is 0 Å². The highest BCUT2D eigenvalue weighted by Gasteiger charge is 2.25. The van der Waals surface area contributed by atoms with Crippen molar-refractivity contribution >= 4 is 51.0 Å². The van der Waals surface area contributed by atoms with E-state index in [1.165, 1.54) is 11.8 Å². The molecule has 134 valence electrons. The predicted octanol–water partition coefficient (Wildman–Crippen LogP) is 4.31. The SMILES string of the molecule is CC(OC(=O)c1ccc2c(c1)NC(=O)C(C)S2)C(=O)c1ccc(Br)cc1. The number of thioether (sulfide) groups is 1. The van der Waals surface area contributed by atoms with E-state index < -0.39 is 12.1 Å². The summed E-state index contributed by atoms with van der Waals surface area (Å²) >= 11 is 4.75. The summed E-state index contributed by atoms with van der Waals surface area (Å²) in [4.78, 5) is 37.4. The Balaban J connectivity index is 1.72. The van der Waals surface area contributed by atoms with Gasteiger partial charge >= 0.3 is 5.97 Å². The lowest BCUT2D eigenvalue weighted by molar-refractivity contribution is -0.115. The van der Waals surface area contributed by atoms with E-state index in [0.29, 0.717) is 11.3 Å². The zero-order chi connectivity index (χ0) is 18.8. The molecule has 0 aromatic heterocycles. The lowest BCUT2D eigenvalue weighted by Crippen LogP contribution is -2.27. The third-order valence-electron chi connectivity index (χ3n) is 3.93. The Morgan fingerprint density at radius 3 is 2.50 bits per heavy atom. The van der Waals surface area contributed by atoms with Gasteiger partial charge in [-0.15, -0.1) is 11.8 Å². The number of carbonyl (C=O) groups is 3. The molecule has 26 heavy (non-hydrogen) atoms. The Morgan fingerprint density at radius 2 is 1.81 bits per heavy atom. The number of fused-ring (bicyclic) bond motifs is 1. The van der Waals surface area contributed by atoms with E-state index in [-0.39, 0.29) is 22.5 Å². The summed E-state index contributed by atoms with van der Waals surface area (Å²) in [6, 6.07) is 11.8. The Hall–Kier alpha value is -2.12. The molecule has 1 N–H and O–H groups in total. The fourth-order valence-corrected chi connectivity index (χ4v) is 3.66. The molecule has 3 rings (SSSR count). The van der Waals surface area contributed by atoms with Crippen LogP contribution in [0.25, 0.3) is 0 Å². The number of carbonyl (C=O) groups excluding carboxylic acids is 3. The van der Waals surface area contributed by atoms with E-state index in [1.54, 1.807) is 49.4 Å². The lowest BCUT2D eigenvalue weighted by Gasteiger charge is -2.21. The largest absolute Gasteiger partial charge is 0.451 e. The Bertz CT molecular complexity index is 882. The highest BCUT2D eigenvalue weighted by molar-refractivity contribution is 9.10. The molecule has 0 saturated carbocycles. The fourth-order valence-electron chi connectivity index (χ4n) is 2.47. The molecule has 1 aliphatic heterocycles. The van der Waals surface area contributed by atoms with Gasteiger partial charge in [-0.05, 0) is 44.2 Å². The van der Waals surface area contributed by atoms with Gasteiger partial charge in [0.1, 0.15) is 0 Å². The standard InChI is InChI=1S/C19H16BrNO4S/c1-10(17(22)12-3-6-14(20)7-4-12)25-19(24)13-5-8-16-15(9-13)21-18(23)11(2)26-16/h3-11H,1-2H3,(H,21,23). The van der Waals surface area contributed by atoms with Crippen molar-refractivity contribution in [1.29, 1.82) is 0 Å². The number of esters is 1. The molecule has 0 saturated heterocycles. The van der Waals surface area contributed by atoms with Crippen molar-refractivity contribution in [2.45, 2.75) is 30.1 Å². The number of amides is 1. The molecule has 5 nitrogen and oxygen atoms in total. The first kappa shape index (κ1) is 18.7. The van der Waals surface area contributed by atoms with Crippen molar-refractivity contribution in [2.24, 2.45) is 0 Å². The molecule has 1 aliphatic rings. The summed E-state index contributed by atoms with van der Waals surface area (Å²) in [6.07, 6.45) is -0.913. The number of ketones is 1. The summed E-state index contributed by atoms with van der Waals surface area (Å²) in [5, 5.41) is 2.60. The van der Waals surface area contributed by atoms with Crippen LogP contribution in [0.5, 0.6) is 0 Å². The maximum Gasteiger partial charge on any atom is 0.338 e. The van der Waals surface area contributed by atoms with Gasteiger partial charge in [-0.25, -0.2) is 4.79 Å². The van der Waals surface area contributed by atoms with Crippen LogP contribution in [-0.2, 0) is 9.53 Å². The van der Waals surface area contributed by atoms with Crippen molar-refractivity contribution in [2.75, 3.05) is 5.32 Å². The Labute approximate surface area is 163 Å². The van der Waals surface area contributed by atoms with Gasteiger partial charge in [0, 0.05) is 14.9 Å². The number of ether oxygens (including phenoxy) is 1. The van der Waals surface area contributed by atoms with Crippen LogP contribution in [-0.4, -0.2) is 29.0 Å². The minimum absolute atomic E-state index is 0.105. The Morgan fingerprint density at radius 1 is 1.15 bits per heavy atom. The fraction of sp³-hybridized carbons (Fsp3) is 0.211. The molecule has 0 bridgehead atoms. The summed E-state index contributed by atoms with van der Waals surface area (Å²) in [7, 11) is 0. The number of halogens is 1. The molecule has 0 spiro atoms. The summed E-state index contributed by atoms with van der Waals surface area (Å²) in [6.45, 7) is 3.36. The number of anilines is 1. The first-order valence-electron chi connectivity index (χ1n) is 7.97. The van der Waals surface area contributed by atoms with Gasteiger partial charge in [-0.2, -0.15) is 0 Å². The van der Waals surface area contributed by atoms with E-state index in [2.05, 4.69) is 21.2 Å². The molecule has 2 aromatic rings. The number of rotatable bonds is 4. The number of nitrogens with one attached hydrogen (secondary N) is 1. The third-order valence-corrected chi connectivity index (χ3v) is 5.63. The molecule has 2 unspecified atom stereocenters. The van der Waals surface area contributed by atoms with Gasteiger partial charge < -0.3 is 10.1 Å². The van der Waals surface area contributed by atoms with Gasteiger partial charge in [0.25, 0.3) is 0 Å². The molecule has 0 fully saturated rings.